The average Bonchev–Trinajstić information content (AvgIpc) is 3.05. The molecule has 1 aliphatic carbocycles. The summed E-state index contributed by atoms with van der Waals surface area (Å²) in [6, 6.07) is 19.2. The lowest BCUT2D eigenvalue weighted by Crippen LogP contribution is -2.18. The lowest BCUT2D eigenvalue weighted by Gasteiger charge is -2.15. The van der Waals surface area contributed by atoms with Crippen LogP contribution in [0.25, 0.3) is 11.1 Å². The number of anilines is 1. The van der Waals surface area contributed by atoms with Crippen LogP contribution >= 0.6 is 0 Å². The van der Waals surface area contributed by atoms with Crippen molar-refractivity contribution in [2.75, 3.05) is 18.2 Å². The van der Waals surface area contributed by atoms with Crippen LogP contribution in [0.3, 0.4) is 0 Å². The first kappa shape index (κ1) is 20.6. The van der Waals surface area contributed by atoms with Gasteiger partial charge in [0.25, 0.3) is 0 Å². The van der Waals surface area contributed by atoms with Crippen LogP contribution in [0.4, 0.5) is 10.5 Å². The molecule has 3 aromatic rings. The minimum Gasteiger partial charge on any atom is -0.478 e. The molecule has 0 saturated carbocycles. The highest BCUT2D eigenvalue weighted by atomic mass is 32.2. The van der Waals surface area contributed by atoms with E-state index in [1.165, 1.54) is 12.1 Å². The SMILES string of the molecule is CS(=O)(=O)c1cc(NC(=O)OCC2c3ccccc3-c3ccccc32)cc(C(=O)O)c1. The van der Waals surface area contributed by atoms with Gasteiger partial charge in [0, 0.05) is 17.9 Å². The molecule has 8 heteroatoms. The molecule has 0 spiro atoms. The Labute approximate surface area is 179 Å². The van der Waals surface area contributed by atoms with Crippen molar-refractivity contribution < 1.29 is 27.9 Å². The molecular weight excluding hydrogens is 418 g/mol. The number of fused-ring (bicyclic) bond motifs is 3. The van der Waals surface area contributed by atoms with Crippen LogP contribution in [0.15, 0.2) is 71.6 Å². The van der Waals surface area contributed by atoms with Crippen molar-refractivity contribution in [3.05, 3.63) is 83.4 Å². The van der Waals surface area contributed by atoms with E-state index < -0.39 is 21.9 Å². The first-order chi connectivity index (χ1) is 14.7. The molecule has 1 aliphatic rings. The van der Waals surface area contributed by atoms with E-state index in [0.717, 1.165) is 34.6 Å². The van der Waals surface area contributed by atoms with Gasteiger partial charge in [-0.3, -0.25) is 5.32 Å². The van der Waals surface area contributed by atoms with Crippen LogP contribution in [-0.2, 0) is 14.6 Å². The molecule has 0 aromatic heterocycles. The Morgan fingerprint density at radius 3 is 2.10 bits per heavy atom. The number of aromatic carboxylic acids is 1. The maximum Gasteiger partial charge on any atom is 0.411 e. The molecule has 4 rings (SSSR count). The monoisotopic (exact) mass is 437 g/mol. The van der Waals surface area contributed by atoms with E-state index in [1.54, 1.807) is 0 Å². The molecule has 3 aromatic carbocycles. The van der Waals surface area contributed by atoms with E-state index in [-0.39, 0.29) is 28.7 Å². The summed E-state index contributed by atoms with van der Waals surface area (Å²) in [6.45, 7) is 0.0808. The molecule has 2 N–H and O–H groups in total. The first-order valence-electron chi connectivity index (χ1n) is 9.44. The van der Waals surface area contributed by atoms with Crippen molar-refractivity contribution in [3.8, 4) is 11.1 Å². The van der Waals surface area contributed by atoms with Crippen LogP contribution in [0.5, 0.6) is 0 Å². The fraction of sp³-hybridized carbons (Fsp3) is 0.130. The zero-order valence-electron chi connectivity index (χ0n) is 16.5. The molecule has 31 heavy (non-hydrogen) atoms. The van der Waals surface area contributed by atoms with Crippen LogP contribution in [-0.4, -0.2) is 38.4 Å². The third kappa shape index (κ3) is 4.15. The van der Waals surface area contributed by atoms with Crippen molar-refractivity contribution in [2.45, 2.75) is 10.8 Å². The maximum absolute atomic E-state index is 12.4. The average molecular weight is 437 g/mol. The van der Waals surface area contributed by atoms with Gasteiger partial charge in [-0.15, -0.1) is 0 Å². The number of benzene rings is 3. The third-order valence-electron chi connectivity index (χ3n) is 5.17. The Morgan fingerprint density at radius 1 is 0.968 bits per heavy atom. The summed E-state index contributed by atoms with van der Waals surface area (Å²) in [6.07, 6.45) is 0.161. The van der Waals surface area contributed by atoms with Crippen molar-refractivity contribution in [1.29, 1.82) is 0 Å². The molecule has 0 fully saturated rings. The number of hydrogen-bond acceptors (Lipinski definition) is 5. The number of carbonyl (C=O) groups is 2. The first-order valence-corrected chi connectivity index (χ1v) is 11.3. The second kappa shape index (κ2) is 7.88. The van der Waals surface area contributed by atoms with Gasteiger partial charge >= 0.3 is 12.1 Å². The fourth-order valence-electron chi connectivity index (χ4n) is 3.76. The number of ether oxygens (including phenoxy) is 1. The predicted molar refractivity (Wildman–Crippen MR) is 115 cm³/mol. The highest BCUT2D eigenvalue weighted by molar-refractivity contribution is 7.90. The third-order valence-corrected chi connectivity index (χ3v) is 6.26. The summed E-state index contributed by atoms with van der Waals surface area (Å²) in [7, 11) is -3.66. The molecule has 0 unspecified atom stereocenters. The smallest absolute Gasteiger partial charge is 0.411 e. The molecule has 0 heterocycles. The lowest BCUT2D eigenvalue weighted by atomic mass is 9.98. The van der Waals surface area contributed by atoms with Crippen LogP contribution < -0.4 is 5.32 Å². The van der Waals surface area contributed by atoms with E-state index >= 15 is 0 Å². The number of nitrogens with one attached hydrogen (secondary N) is 1. The molecule has 7 nitrogen and oxygen atoms in total. The predicted octanol–water partition coefficient (Wildman–Crippen LogP) is 4.15. The Balaban J connectivity index is 1.53. The number of sulfone groups is 1. The van der Waals surface area contributed by atoms with Gasteiger partial charge in [-0.05, 0) is 40.5 Å². The van der Waals surface area contributed by atoms with Crippen LogP contribution in [0.2, 0.25) is 0 Å². The number of carboxylic acid groups (broad SMARTS) is 1. The van der Waals surface area contributed by atoms with Gasteiger partial charge in [-0.2, -0.15) is 0 Å². The molecule has 158 valence electrons. The number of carbonyl (C=O) groups excluding carboxylic acids is 1. The summed E-state index contributed by atoms with van der Waals surface area (Å²) in [5, 5.41) is 11.7. The Bertz CT molecular complexity index is 1250. The Morgan fingerprint density at radius 2 is 1.55 bits per heavy atom. The second-order valence-electron chi connectivity index (χ2n) is 7.27. The zero-order valence-corrected chi connectivity index (χ0v) is 17.3. The highest BCUT2D eigenvalue weighted by Crippen LogP contribution is 2.44. The normalized spacial score (nSPS) is 12.7. The molecule has 1 amide bonds. The molecule has 0 bridgehead atoms. The molecule has 0 atom stereocenters. The van der Waals surface area contributed by atoms with Crippen molar-refractivity contribution >= 4 is 27.6 Å². The van der Waals surface area contributed by atoms with Gasteiger partial charge in [0.05, 0.1) is 10.5 Å². The Hall–Kier alpha value is -3.65. The summed E-state index contributed by atoms with van der Waals surface area (Å²) < 4.78 is 29.1. The van der Waals surface area contributed by atoms with Crippen molar-refractivity contribution in [2.24, 2.45) is 0 Å². The lowest BCUT2D eigenvalue weighted by molar-refractivity contribution is 0.0696. The van der Waals surface area contributed by atoms with Gasteiger partial charge < -0.3 is 9.84 Å². The minimum atomic E-state index is -3.66. The molecular formula is C23H19NO6S. The van der Waals surface area contributed by atoms with E-state index in [2.05, 4.69) is 5.32 Å². The van der Waals surface area contributed by atoms with Crippen LogP contribution in [0, 0.1) is 0 Å². The topological polar surface area (TPSA) is 110 Å². The minimum absolute atomic E-state index is 0.0255. The van der Waals surface area contributed by atoms with Gasteiger partial charge in [0.1, 0.15) is 6.61 Å². The van der Waals surface area contributed by atoms with Gasteiger partial charge in [-0.1, -0.05) is 48.5 Å². The van der Waals surface area contributed by atoms with Crippen molar-refractivity contribution in [3.63, 3.8) is 0 Å². The molecule has 0 aliphatic heterocycles. The molecule has 0 saturated heterocycles. The second-order valence-corrected chi connectivity index (χ2v) is 9.29. The van der Waals surface area contributed by atoms with Crippen molar-refractivity contribution in [1.82, 2.24) is 0 Å². The van der Waals surface area contributed by atoms with Gasteiger partial charge in [0.15, 0.2) is 9.84 Å². The van der Waals surface area contributed by atoms with E-state index in [9.17, 15) is 23.1 Å². The van der Waals surface area contributed by atoms with Gasteiger partial charge in [0.2, 0.25) is 0 Å². The van der Waals surface area contributed by atoms with Gasteiger partial charge in [-0.25, -0.2) is 18.0 Å². The quantitative estimate of drug-likeness (QED) is 0.621. The number of amides is 1. The highest BCUT2D eigenvalue weighted by Gasteiger charge is 2.29. The number of carboxylic acids is 1. The van der Waals surface area contributed by atoms with E-state index in [1.807, 2.05) is 48.5 Å². The standard InChI is InChI=1S/C23H19NO6S/c1-31(28,29)16-11-14(22(25)26)10-15(12-16)24-23(27)30-13-21-19-8-4-2-6-17(19)18-7-3-5-9-20(18)21/h2-12,21H,13H2,1H3,(H,24,27)(H,25,26). The van der Waals surface area contributed by atoms with E-state index in [0.29, 0.717) is 0 Å². The fourth-order valence-corrected chi connectivity index (χ4v) is 4.44. The Kier molecular flexibility index (Phi) is 5.24. The number of rotatable bonds is 5. The maximum atomic E-state index is 12.4. The summed E-state index contributed by atoms with van der Waals surface area (Å²) >= 11 is 0. The number of hydrogen-bond donors (Lipinski definition) is 2. The molecule has 0 radical (unpaired) electrons. The summed E-state index contributed by atoms with van der Waals surface area (Å²) in [4.78, 5) is 23.5. The largest absolute Gasteiger partial charge is 0.478 e. The zero-order chi connectivity index (χ0) is 22.2. The van der Waals surface area contributed by atoms with E-state index in [4.69, 9.17) is 4.74 Å². The summed E-state index contributed by atoms with van der Waals surface area (Å²) in [5.74, 6) is -1.43. The summed E-state index contributed by atoms with van der Waals surface area (Å²) in [5.41, 5.74) is 4.08. The van der Waals surface area contributed by atoms with Crippen LogP contribution in [0.1, 0.15) is 27.4 Å².